The quantitative estimate of drug-likeness (QED) is 0.731. The van der Waals surface area contributed by atoms with E-state index in [4.69, 9.17) is 0 Å². The van der Waals surface area contributed by atoms with Crippen LogP contribution in [0.2, 0.25) is 0 Å². The Bertz CT molecular complexity index is 597. The largest absolute Gasteiger partial charge is 0.391 e. The standard InChI is InChI=1S/C10H18F3N3O4S2/c11-10(12,13)9-1-4-15(5-2-9)22(19,20)16-6-3-14-21(17,18)8-7-16/h9,14H,1-8H2. The van der Waals surface area contributed by atoms with Crippen molar-refractivity contribution >= 4 is 20.2 Å². The normalized spacial score (nSPS) is 26.7. The number of rotatable bonds is 2. The number of piperidine rings is 1. The smallest absolute Gasteiger partial charge is 0.214 e. The van der Waals surface area contributed by atoms with Gasteiger partial charge in [0.1, 0.15) is 0 Å². The van der Waals surface area contributed by atoms with Gasteiger partial charge in [-0.3, -0.25) is 0 Å². The second kappa shape index (κ2) is 6.23. The molecule has 0 amide bonds. The highest BCUT2D eigenvalue weighted by Gasteiger charge is 2.44. The molecule has 2 rings (SSSR count). The van der Waals surface area contributed by atoms with E-state index in [1.54, 1.807) is 0 Å². The SMILES string of the molecule is O=S1(=O)CCN(S(=O)(=O)N2CCC(C(F)(F)F)CC2)CCN1. The molecular formula is C10H18F3N3O4S2. The maximum absolute atomic E-state index is 12.6. The number of alkyl halides is 3. The van der Waals surface area contributed by atoms with Gasteiger partial charge in [-0.1, -0.05) is 0 Å². The summed E-state index contributed by atoms with van der Waals surface area (Å²) in [5.41, 5.74) is 0. The highest BCUT2D eigenvalue weighted by atomic mass is 32.2. The number of sulfonamides is 1. The summed E-state index contributed by atoms with van der Waals surface area (Å²) >= 11 is 0. The van der Waals surface area contributed by atoms with Crippen molar-refractivity contribution in [2.45, 2.75) is 19.0 Å². The van der Waals surface area contributed by atoms with E-state index in [-0.39, 0.29) is 51.3 Å². The van der Waals surface area contributed by atoms with Gasteiger partial charge in [0.05, 0.1) is 11.7 Å². The van der Waals surface area contributed by atoms with Crippen LogP contribution in [-0.2, 0) is 20.2 Å². The molecule has 22 heavy (non-hydrogen) atoms. The minimum Gasteiger partial charge on any atom is -0.214 e. The fraction of sp³-hybridized carbons (Fsp3) is 1.00. The first-order valence-electron chi connectivity index (χ1n) is 6.82. The molecule has 0 aromatic rings. The fourth-order valence-electron chi connectivity index (χ4n) is 2.54. The number of nitrogens with one attached hydrogen (secondary N) is 1. The minimum atomic E-state index is -4.31. The molecule has 2 heterocycles. The zero-order valence-electron chi connectivity index (χ0n) is 11.7. The molecule has 7 nitrogen and oxygen atoms in total. The summed E-state index contributed by atoms with van der Waals surface area (Å²) in [6, 6.07) is 0. The van der Waals surface area contributed by atoms with Gasteiger partial charge in [-0.05, 0) is 12.8 Å². The highest BCUT2D eigenvalue weighted by molar-refractivity contribution is 7.89. The van der Waals surface area contributed by atoms with Gasteiger partial charge in [-0.2, -0.15) is 30.2 Å². The van der Waals surface area contributed by atoms with Crippen LogP contribution in [0.15, 0.2) is 0 Å². The molecule has 0 aromatic heterocycles. The first kappa shape index (κ1) is 17.9. The Morgan fingerprint density at radius 3 is 2.09 bits per heavy atom. The number of nitrogens with zero attached hydrogens (tertiary/aromatic N) is 2. The van der Waals surface area contributed by atoms with E-state index in [9.17, 15) is 30.0 Å². The Balaban J connectivity index is 2.03. The van der Waals surface area contributed by atoms with Gasteiger partial charge in [0.15, 0.2) is 0 Å². The topological polar surface area (TPSA) is 86.8 Å². The van der Waals surface area contributed by atoms with Crippen LogP contribution in [0.5, 0.6) is 0 Å². The van der Waals surface area contributed by atoms with Crippen LogP contribution in [0.25, 0.3) is 0 Å². The van der Waals surface area contributed by atoms with Crippen molar-refractivity contribution < 1.29 is 30.0 Å². The van der Waals surface area contributed by atoms with Crippen molar-refractivity contribution in [2.75, 3.05) is 38.5 Å². The van der Waals surface area contributed by atoms with Crippen LogP contribution >= 0.6 is 0 Å². The van der Waals surface area contributed by atoms with Crippen LogP contribution in [0.1, 0.15) is 12.8 Å². The molecule has 0 radical (unpaired) electrons. The van der Waals surface area contributed by atoms with Gasteiger partial charge in [0.25, 0.3) is 10.2 Å². The van der Waals surface area contributed by atoms with E-state index in [1.165, 1.54) is 0 Å². The van der Waals surface area contributed by atoms with Gasteiger partial charge in [0.2, 0.25) is 10.0 Å². The molecule has 0 spiro atoms. The van der Waals surface area contributed by atoms with Crippen molar-refractivity contribution in [3.63, 3.8) is 0 Å². The lowest BCUT2D eigenvalue weighted by Gasteiger charge is -2.34. The summed E-state index contributed by atoms with van der Waals surface area (Å²) in [7, 11) is -7.43. The van der Waals surface area contributed by atoms with Gasteiger partial charge < -0.3 is 0 Å². The molecule has 130 valence electrons. The summed E-state index contributed by atoms with van der Waals surface area (Å²) in [6.07, 6.45) is -4.85. The first-order valence-corrected chi connectivity index (χ1v) is 9.86. The molecule has 0 saturated carbocycles. The van der Waals surface area contributed by atoms with Gasteiger partial charge in [0, 0.05) is 32.7 Å². The third-order valence-electron chi connectivity index (χ3n) is 3.86. The van der Waals surface area contributed by atoms with Crippen molar-refractivity contribution in [2.24, 2.45) is 5.92 Å². The molecule has 2 fully saturated rings. The van der Waals surface area contributed by atoms with Gasteiger partial charge >= 0.3 is 6.18 Å². The summed E-state index contributed by atoms with van der Waals surface area (Å²) < 4.78 is 89.7. The van der Waals surface area contributed by atoms with Gasteiger partial charge in [-0.25, -0.2) is 13.1 Å². The molecule has 12 heteroatoms. The van der Waals surface area contributed by atoms with Crippen molar-refractivity contribution in [1.82, 2.24) is 13.3 Å². The molecule has 1 N–H and O–H groups in total. The van der Waals surface area contributed by atoms with E-state index in [1.807, 2.05) is 0 Å². The average Bonchev–Trinajstić information content (AvgIpc) is 2.59. The van der Waals surface area contributed by atoms with Crippen LogP contribution < -0.4 is 4.72 Å². The molecule has 0 aromatic carbocycles. The third kappa shape index (κ3) is 4.10. The van der Waals surface area contributed by atoms with E-state index in [0.29, 0.717) is 0 Å². The molecule has 0 unspecified atom stereocenters. The number of hydrogen-bond donors (Lipinski definition) is 1. The molecule has 2 saturated heterocycles. The maximum atomic E-state index is 12.6. The Kier molecular flexibility index (Phi) is 5.07. The van der Waals surface area contributed by atoms with E-state index < -0.39 is 32.3 Å². The number of halogens is 3. The van der Waals surface area contributed by atoms with Gasteiger partial charge in [-0.15, -0.1) is 0 Å². The third-order valence-corrected chi connectivity index (χ3v) is 7.26. The minimum absolute atomic E-state index is 0.0270. The van der Waals surface area contributed by atoms with Crippen LogP contribution in [-0.4, -0.2) is 70.1 Å². The zero-order valence-corrected chi connectivity index (χ0v) is 13.3. The summed E-state index contributed by atoms with van der Waals surface area (Å²) in [5.74, 6) is -1.84. The average molecular weight is 365 g/mol. The maximum Gasteiger partial charge on any atom is 0.391 e. The Morgan fingerprint density at radius 2 is 1.55 bits per heavy atom. The molecule has 2 aliphatic heterocycles. The lowest BCUT2D eigenvalue weighted by Crippen LogP contribution is -2.49. The molecule has 0 atom stereocenters. The molecular weight excluding hydrogens is 347 g/mol. The van der Waals surface area contributed by atoms with Crippen LogP contribution in [0, 0.1) is 5.92 Å². The van der Waals surface area contributed by atoms with E-state index >= 15 is 0 Å². The molecule has 0 bridgehead atoms. The predicted octanol–water partition coefficient (Wildman–Crippen LogP) is -0.259. The van der Waals surface area contributed by atoms with E-state index in [0.717, 1.165) is 8.61 Å². The first-order chi connectivity index (χ1) is 10.0. The summed E-state index contributed by atoms with van der Waals surface area (Å²) in [5, 5.41) is 0. The van der Waals surface area contributed by atoms with Crippen LogP contribution in [0.3, 0.4) is 0 Å². The van der Waals surface area contributed by atoms with Crippen molar-refractivity contribution in [1.29, 1.82) is 0 Å². The zero-order chi connectivity index (χ0) is 16.6. The monoisotopic (exact) mass is 365 g/mol. The summed E-state index contributed by atoms with van der Waals surface area (Å²) in [4.78, 5) is 0. The highest BCUT2D eigenvalue weighted by Crippen LogP contribution is 2.35. The Labute approximate surface area is 127 Å². The lowest BCUT2D eigenvalue weighted by atomic mass is 9.98. The Morgan fingerprint density at radius 1 is 1.00 bits per heavy atom. The second-order valence-corrected chi connectivity index (χ2v) is 9.19. The summed E-state index contributed by atoms with van der Waals surface area (Å²) in [6.45, 7) is -0.676. The lowest BCUT2D eigenvalue weighted by molar-refractivity contribution is -0.182. The Hall–Kier alpha value is -0.430. The second-order valence-electron chi connectivity index (χ2n) is 5.33. The molecule has 0 aliphatic carbocycles. The van der Waals surface area contributed by atoms with Crippen LogP contribution in [0.4, 0.5) is 13.2 Å². The number of hydrogen-bond acceptors (Lipinski definition) is 4. The van der Waals surface area contributed by atoms with Crippen molar-refractivity contribution in [3.05, 3.63) is 0 Å². The van der Waals surface area contributed by atoms with E-state index in [2.05, 4.69) is 4.72 Å². The predicted molar refractivity (Wildman–Crippen MR) is 72.6 cm³/mol. The molecule has 2 aliphatic rings. The van der Waals surface area contributed by atoms with Crippen molar-refractivity contribution in [3.8, 4) is 0 Å². The fourth-order valence-corrected chi connectivity index (χ4v) is 5.31.